The fraction of sp³-hybridized carbons (Fsp3) is 0.391. The first-order valence-corrected chi connectivity index (χ1v) is 10.7. The number of likely N-dealkylation sites (tertiary alicyclic amines) is 1. The molecular weight excluding hydrogens is 404 g/mol. The van der Waals surface area contributed by atoms with E-state index in [0.29, 0.717) is 61.3 Å². The minimum Gasteiger partial charge on any atom is -0.490 e. The van der Waals surface area contributed by atoms with Gasteiger partial charge in [0.15, 0.2) is 0 Å². The van der Waals surface area contributed by atoms with Crippen LogP contribution in [-0.2, 0) is 4.74 Å². The van der Waals surface area contributed by atoms with Crippen molar-refractivity contribution in [3.8, 4) is 5.75 Å². The van der Waals surface area contributed by atoms with Crippen LogP contribution >= 0.6 is 11.6 Å². The summed E-state index contributed by atoms with van der Waals surface area (Å²) in [6, 6.07) is 14.5. The molecule has 0 N–H and O–H groups in total. The lowest BCUT2D eigenvalue weighted by Crippen LogP contribution is -2.42. The van der Waals surface area contributed by atoms with Crippen LogP contribution in [0.2, 0.25) is 5.02 Å². The van der Waals surface area contributed by atoms with Crippen molar-refractivity contribution >= 4 is 23.4 Å². The summed E-state index contributed by atoms with van der Waals surface area (Å²) in [4.78, 5) is 29.0. The summed E-state index contributed by atoms with van der Waals surface area (Å²) in [5.41, 5.74) is 1.16. The van der Waals surface area contributed by atoms with E-state index in [0.717, 1.165) is 12.8 Å². The van der Waals surface area contributed by atoms with Crippen LogP contribution in [-0.4, -0.2) is 67.1 Å². The molecule has 2 saturated heterocycles. The summed E-state index contributed by atoms with van der Waals surface area (Å²) < 4.78 is 11.4. The maximum atomic E-state index is 12.7. The maximum Gasteiger partial charge on any atom is 0.255 e. The average molecular weight is 429 g/mol. The molecule has 2 aliphatic heterocycles. The molecular formula is C23H25ClN2O4. The van der Waals surface area contributed by atoms with Gasteiger partial charge in [0.05, 0.1) is 23.8 Å². The van der Waals surface area contributed by atoms with Gasteiger partial charge in [-0.3, -0.25) is 9.59 Å². The van der Waals surface area contributed by atoms with Crippen molar-refractivity contribution in [1.29, 1.82) is 0 Å². The highest BCUT2D eigenvalue weighted by atomic mass is 35.5. The van der Waals surface area contributed by atoms with Crippen molar-refractivity contribution in [2.75, 3.05) is 39.4 Å². The van der Waals surface area contributed by atoms with Crippen LogP contribution in [0, 0.1) is 0 Å². The number of piperidine rings is 1. The third kappa shape index (κ3) is 4.77. The molecule has 0 atom stereocenters. The van der Waals surface area contributed by atoms with Crippen LogP contribution in [0.15, 0.2) is 48.5 Å². The molecule has 2 amide bonds. The summed E-state index contributed by atoms with van der Waals surface area (Å²) in [7, 11) is 0. The number of carbonyl (C=O) groups excluding carboxylic acids is 2. The Morgan fingerprint density at radius 1 is 0.900 bits per heavy atom. The van der Waals surface area contributed by atoms with Crippen LogP contribution in [0.3, 0.4) is 0 Å². The summed E-state index contributed by atoms with van der Waals surface area (Å²) in [6.07, 6.45) is 1.48. The maximum absolute atomic E-state index is 12.7. The molecule has 2 aliphatic rings. The molecule has 158 valence electrons. The highest BCUT2D eigenvalue weighted by Crippen LogP contribution is 2.23. The number of rotatable bonds is 4. The number of hydrogen-bond donors (Lipinski definition) is 0. The largest absolute Gasteiger partial charge is 0.490 e. The van der Waals surface area contributed by atoms with Crippen molar-refractivity contribution in [2.24, 2.45) is 0 Å². The molecule has 4 rings (SSSR count). The van der Waals surface area contributed by atoms with Gasteiger partial charge in [0.2, 0.25) is 0 Å². The van der Waals surface area contributed by atoms with Gasteiger partial charge in [-0.15, -0.1) is 0 Å². The number of halogens is 1. The van der Waals surface area contributed by atoms with E-state index in [1.165, 1.54) is 0 Å². The molecule has 0 bridgehead atoms. The normalized spacial score (nSPS) is 17.6. The molecule has 6 nitrogen and oxygen atoms in total. The zero-order valence-corrected chi connectivity index (χ0v) is 17.5. The van der Waals surface area contributed by atoms with Gasteiger partial charge in [0, 0.05) is 44.6 Å². The van der Waals surface area contributed by atoms with Crippen molar-refractivity contribution in [3.05, 3.63) is 64.7 Å². The zero-order valence-electron chi connectivity index (χ0n) is 16.8. The van der Waals surface area contributed by atoms with E-state index in [9.17, 15) is 9.59 Å². The smallest absolute Gasteiger partial charge is 0.255 e. The molecule has 0 spiro atoms. The Kier molecular flexibility index (Phi) is 6.55. The first-order valence-electron chi connectivity index (χ1n) is 10.3. The second-order valence-corrected chi connectivity index (χ2v) is 7.93. The number of carbonyl (C=O) groups is 2. The topological polar surface area (TPSA) is 59.1 Å². The molecule has 0 saturated carbocycles. The molecule has 30 heavy (non-hydrogen) atoms. The monoisotopic (exact) mass is 428 g/mol. The quantitative estimate of drug-likeness (QED) is 0.747. The van der Waals surface area contributed by atoms with E-state index in [4.69, 9.17) is 21.1 Å². The number of nitrogens with zero attached hydrogens (tertiary/aromatic N) is 2. The molecule has 0 unspecified atom stereocenters. The van der Waals surface area contributed by atoms with Gasteiger partial charge in [-0.1, -0.05) is 29.8 Å². The van der Waals surface area contributed by atoms with Crippen molar-refractivity contribution in [3.63, 3.8) is 0 Å². The molecule has 0 aliphatic carbocycles. The van der Waals surface area contributed by atoms with Gasteiger partial charge in [-0.25, -0.2) is 0 Å². The van der Waals surface area contributed by atoms with Crippen LogP contribution in [0.1, 0.15) is 33.6 Å². The number of morpholine rings is 1. The van der Waals surface area contributed by atoms with Crippen LogP contribution in [0.4, 0.5) is 0 Å². The average Bonchev–Trinajstić information content (AvgIpc) is 2.80. The Hall–Kier alpha value is -2.57. The lowest BCUT2D eigenvalue weighted by Gasteiger charge is -2.32. The first kappa shape index (κ1) is 20.7. The first-order chi connectivity index (χ1) is 14.6. The fourth-order valence-corrected chi connectivity index (χ4v) is 4.04. The molecule has 0 aromatic heterocycles. The number of benzene rings is 2. The van der Waals surface area contributed by atoms with Crippen LogP contribution in [0.25, 0.3) is 0 Å². The lowest BCUT2D eigenvalue weighted by molar-refractivity contribution is 0.0302. The highest BCUT2D eigenvalue weighted by Gasteiger charge is 2.26. The predicted molar refractivity (Wildman–Crippen MR) is 114 cm³/mol. The second kappa shape index (κ2) is 9.49. The molecule has 2 aromatic carbocycles. The van der Waals surface area contributed by atoms with Crippen LogP contribution < -0.4 is 4.74 Å². The van der Waals surface area contributed by atoms with E-state index in [2.05, 4.69) is 0 Å². The minimum atomic E-state index is -0.0443. The Balaban J connectivity index is 1.33. The van der Waals surface area contributed by atoms with E-state index < -0.39 is 0 Å². The predicted octanol–water partition coefficient (Wildman–Crippen LogP) is 3.50. The van der Waals surface area contributed by atoms with Gasteiger partial charge in [0.1, 0.15) is 11.9 Å². The van der Waals surface area contributed by atoms with E-state index in [1.807, 2.05) is 35.2 Å². The molecule has 2 aromatic rings. The van der Waals surface area contributed by atoms with Gasteiger partial charge >= 0.3 is 0 Å². The van der Waals surface area contributed by atoms with E-state index >= 15 is 0 Å². The van der Waals surface area contributed by atoms with Crippen molar-refractivity contribution in [1.82, 2.24) is 9.80 Å². The van der Waals surface area contributed by atoms with Crippen molar-refractivity contribution < 1.29 is 19.1 Å². The number of amides is 2. The van der Waals surface area contributed by atoms with E-state index in [-0.39, 0.29) is 17.9 Å². The Labute approximate surface area is 181 Å². The molecule has 0 radical (unpaired) electrons. The number of ether oxygens (including phenoxy) is 2. The zero-order chi connectivity index (χ0) is 20.9. The number of hydrogen-bond acceptors (Lipinski definition) is 4. The molecule has 7 heteroatoms. The van der Waals surface area contributed by atoms with Gasteiger partial charge in [-0.05, 0) is 30.3 Å². The van der Waals surface area contributed by atoms with Gasteiger partial charge in [0.25, 0.3) is 11.8 Å². The summed E-state index contributed by atoms with van der Waals surface area (Å²) in [5, 5.41) is 0.475. The minimum absolute atomic E-state index is 0.00362. The Bertz CT molecular complexity index is 906. The summed E-state index contributed by atoms with van der Waals surface area (Å²) in [6.45, 7) is 3.60. The highest BCUT2D eigenvalue weighted by molar-refractivity contribution is 6.33. The molecule has 2 heterocycles. The summed E-state index contributed by atoms with van der Waals surface area (Å²) in [5.74, 6) is 0.644. The molecule has 2 fully saturated rings. The standard InChI is InChI=1S/C23H25ClN2O4/c24-21-7-2-1-6-20(21)23(28)25-10-8-18(9-11-25)30-19-5-3-4-17(16-19)22(27)26-12-14-29-15-13-26/h1-7,16,18H,8-15H2. The third-order valence-corrected chi connectivity index (χ3v) is 5.85. The van der Waals surface area contributed by atoms with E-state index in [1.54, 1.807) is 23.1 Å². The second-order valence-electron chi connectivity index (χ2n) is 7.52. The summed E-state index contributed by atoms with van der Waals surface area (Å²) >= 11 is 6.16. The fourth-order valence-electron chi connectivity index (χ4n) is 3.83. The van der Waals surface area contributed by atoms with Crippen molar-refractivity contribution in [2.45, 2.75) is 18.9 Å². The van der Waals surface area contributed by atoms with Gasteiger partial charge in [-0.2, -0.15) is 0 Å². The SMILES string of the molecule is O=C(c1cccc(OC2CCN(C(=O)c3ccccc3Cl)CC2)c1)N1CCOCC1. The lowest BCUT2D eigenvalue weighted by atomic mass is 10.1. The third-order valence-electron chi connectivity index (χ3n) is 5.52. The van der Waals surface area contributed by atoms with Crippen LogP contribution in [0.5, 0.6) is 5.75 Å². The Morgan fingerprint density at radius 3 is 2.33 bits per heavy atom. The van der Waals surface area contributed by atoms with Gasteiger partial charge < -0.3 is 19.3 Å². The Morgan fingerprint density at radius 2 is 1.60 bits per heavy atom.